The molecule has 2 rings (SSSR count). The lowest BCUT2D eigenvalue weighted by Crippen LogP contribution is -2.04. The lowest BCUT2D eigenvalue weighted by atomic mass is 10.1. The van der Waals surface area contributed by atoms with Gasteiger partial charge in [-0.3, -0.25) is 0 Å². The van der Waals surface area contributed by atoms with Crippen LogP contribution in [-0.2, 0) is 4.74 Å². The Hall–Kier alpha value is -2.04. The second-order valence-corrected chi connectivity index (χ2v) is 3.52. The molecule has 0 fully saturated rings. The minimum absolute atomic E-state index is 0.279. The largest absolute Gasteiger partial charge is 0.462 e. The Kier molecular flexibility index (Phi) is 2.52. The number of fused-ring (bicyclic) bond motifs is 1. The first kappa shape index (κ1) is 10.5. The molecule has 0 aliphatic rings. The zero-order valence-corrected chi connectivity index (χ0v) is 9.09. The van der Waals surface area contributed by atoms with Gasteiger partial charge >= 0.3 is 11.7 Å². The summed E-state index contributed by atoms with van der Waals surface area (Å²) in [6, 6.07) is 3.31. The minimum Gasteiger partial charge on any atom is -0.462 e. The minimum atomic E-state index is -0.380. The van der Waals surface area contributed by atoms with E-state index in [-0.39, 0.29) is 11.7 Å². The average Bonchev–Trinajstić information content (AvgIpc) is 2.59. The Morgan fingerprint density at radius 3 is 2.81 bits per heavy atom. The average molecular weight is 220 g/mol. The molecule has 0 unspecified atom stereocenters. The van der Waals surface area contributed by atoms with E-state index in [2.05, 4.69) is 9.97 Å². The summed E-state index contributed by atoms with van der Waals surface area (Å²) in [5.41, 5.74) is 2.34. The summed E-state index contributed by atoms with van der Waals surface area (Å²) in [5, 5.41) is 0. The smallest absolute Gasteiger partial charge is 0.338 e. The van der Waals surface area contributed by atoms with E-state index in [0.29, 0.717) is 17.7 Å². The predicted molar refractivity (Wildman–Crippen MR) is 59.6 cm³/mol. The molecule has 1 aromatic heterocycles. The third-order valence-electron chi connectivity index (χ3n) is 2.33. The van der Waals surface area contributed by atoms with Crippen molar-refractivity contribution in [2.45, 2.75) is 13.8 Å². The monoisotopic (exact) mass is 220 g/mol. The molecule has 0 aliphatic carbocycles. The van der Waals surface area contributed by atoms with Crippen LogP contribution in [0.2, 0.25) is 0 Å². The van der Waals surface area contributed by atoms with Crippen LogP contribution in [0.1, 0.15) is 22.8 Å². The van der Waals surface area contributed by atoms with Gasteiger partial charge in [0, 0.05) is 0 Å². The molecule has 84 valence electrons. The molecule has 0 saturated heterocycles. The number of imidazole rings is 1. The number of hydrogen-bond acceptors (Lipinski definition) is 3. The number of carbonyl (C=O) groups excluding carboxylic acids is 1. The second-order valence-electron chi connectivity index (χ2n) is 3.52. The number of ether oxygens (including phenoxy) is 1. The van der Waals surface area contributed by atoms with Crippen molar-refractivity contribution in [2.24, 2.45) is 0 Å². The van der Waals surface area contributed by atoms with Crippen molar-refractivity contribution in [2.75, 3.05) is 6.61 Å². The number of carbonyl (C=O) groups is 1. The number of aromatic amines is 2. The van der Waals surface area contributed by atoms with Gasteiger partial charge in [0.05, 0.1) is 23.2 Å². The van der Waals surface area contributed by atoms with E-state index in [9.17, 15) is 9.59 Å². The fourth-order valence-corrected chi connectivity index (χ4v) is 1.65. The van der Waals surface area contributed by atoms with Crippen molar-refractivity contribution >= 4 is 17.0 Å². The van der Waals surface area contributed by atoms with E-state index < -0.39 is 0 Å². The maximum absolute atomic E-state index is 11.5. The lowest BCUT2D eigenvalue weighted by Gasteiger charge is -2.03. The molecule has 5 heteroatoms. The van der Waals surface area contributed by atoms with Gasteiger partial charge in [0.2, 0.25) is 0 Å². The van der Waals surface area contributed by atoms with Crippen molar-refractivity contribution in [1.29, 1.82) is 0 Å². The number of aromatic nitrogens is 2. The zero-order valence-electron chi connectivity index (χ0n) is 9.09. The van der Waals surface area contributed by atoms with Crippen LogP contribution in [0.5, 0.6) is 0 Å². The number of nitrogens with one attached hydrogen (secondary N) is 2. The standard InChI is InChI=1S/C11H12N2O3/c1-3-16-10(14)7-4-6(2)9-8(5-7)12-11(15)13-9/h4-5H,3H2,1-2H3,(H2,12,13,15). The van der Waals surface area contributed by atoms with Crippen LogP contribution in [0, 0.1) is 6.92 Å². The Morgan fingerprint density at radius 1 is 1.38 bits per heavy atom. The van der Waals surface area contributed by atoms with Gasteiger partial charge in [0.1, 0.15) is 0 Å². The molecule has 0 aliphatic heterocycles. The summed E-state index contributed by atoms with van der Waals surface area (Å²) in [6.07, 6.45) is 0. The summed E-state index contributed by atoms with van der Waals surface area (Å²) >= 11 is 0. The van der Waals surface area contributed by atoms with Crippen LogP contribution in [-0.4, -0.2) is 22.5 Å². The Bertz CT molecular complexity index is 595. The fourth-order valence-electron chi connectivity index (χ4n) is 1.65. The number of esters is 1. The molecule has 2 aromatic rings. The molecule has 1 heterocycles. The molecule has 0 bridgehead atoms. The maximum atomic E-state index is 11.5. The SMILES string of the molecule is CCOC(=O)c1cc(C)c2[nH]c(=O)[nH]c2c1. The summed E-state index contributed by atoms with van der Waals surface area (Å²) in [6.45, 7) is 3.91. The number of hydrogen-bond donors (Lipinski definition) is 2. The van der Waals surface area contributed by atoms with Crippen LogP contribution in [0.25, 0.3) is 11.0 Å². The first-order chi connectivity index (χ1) is 7.61. The van der Waals surface area contributed by atoms with Crippen LogP contribution < -0.4 is 5.69 Å². The van der Waals surface area contributed by atoms with Crippen molar-refractivity contribution in [3.05, 3.63) is 33.7 Å². The fraction of sp³-hybridized carbons (Fsp3) is 0.273. The number of aryl methyl sites for hydroxylation is 1. The molecule has 0 atom stereocenters. The first-order valence-electron chi connectivity index (χ1n) is 5.01. The Morgan fingerprint density at radius 2 is 2.12 bits per heavy atom. The zero-order chi connectivity index (χ0) is 11.7. The third-order valence-corrected chi connectivity index (χ3v) is 2.33. The highest BCUT2D eigenvalue weighted by atomic mass is 16.5. The van der Waals surface area contributed by atoms with E-state index in [1.807, 2.05) is 6.92 Å². The van der Waals surface area contributed by atoms with E-state index in [1.54, 1.807) is 19.1 Å². The summed E-state index contributed by atoms with van der Waals surface area (Å²) in [7, 11) is 0. The van der Waals surface area contributed by atoms with Gasteiger partial charge in [0.15, 0.2) is 0 Å². The molecule has 0 saturated carbocycles. The highest BCUT2D eigenvalue weighted by Crippen LogP contribution is 2.16. The van der Waals surface area contributed by atoms with Gasteiger partial charge in [-0.25, -0.2) is 9.59 Å². The Labute approximate surface area is 91.4 Å². The van der Waals surface area contributed by atoms with Crippen molar-refractivity contribution < 1.29 is 9.53 Å². The molecule has 0 amide bonds. The number of rotatable bonds is 2. The summed E-state index contributed by atoms with van der Waals surface area (Å²) in [4.78, 5) is 27.9. The first-order valence-corrected chi connectivity index (χ1v) is 5.01. The second kappa shape index (κ2) is 3.84. The predicted octanol–water partition coefficient (Wildman–Crippen LogP) is 1.34. The maximum Gasteiger partial charge on any atom is 0.338 e. The van der Waals surface area contributed by atoms with Crippen LogP contribution in [0.3, 0.4) is 0 Å². The van der Waals surface area contributed by atoms with Gasteiger partial charge in [-0.15, -0.1) is 0 Å². The van der Waals surface area contributed by atoms with Crippen molar-refractivity contribution in [3.8, 4) is 0 Å². The normalized spacial score (nSPS) is 10.6. The molecule has 5 nitrogen and oxygen atoms in total. The van der Waals surface area contributed by atoms with Crippen molar-refractivity contribution in [1.82, 2.24) is 9.97 Å². The van der Waals surface area contributed by atoms with E-state index in [1.165, 1.54) is 0 Å². The molecular weight excluding hydrogens is 208 g/mol. The molecule has 0 spiro atoms. The Balaban J connectivity index is 2.57. The number of benzene rings is 1. The van der Waals surface area contributed by atoms with Gasteiger partial charge < -0.3 is 14.7 Å². The van der Waals surface area contributed by atoms with Gasteiger partial charge in [0.25, 0.3) is 0 Å². The quantitative estimate of drug-likeness (QED) is 0.750. The third kappa shape index (κ3) is 1.71. The van der Waals surface area contributed by atoms with Gasteiger partial charge in [-0.1, -0.05) is 0 Å². The van der Waals surface area contributed by atoms with E-state index in [0.717, 1.165) is 11.1 Å². The van der Waals surface area contributed by atoms with Crippen LogP contribution in [0.4, 0.5) is 0 Å². The molecule has 1 aromatic carbocycles. The number of H-pyrrole nitrogens is 2. The van der Waals surface area contributed by atoms with Gasteiger partial charge in [-0.2, -0.15) is 0 Å². The van der Waals surface area contributed by atoms with Crippen LogP contribution in [0.15, 0.2) is 16.9 Å². The van der Waals surface area contributed by atoms with Crippen molar-refractivity contribution in [3.63, 3.8) is 0 Å². The molecular formula is C11H12N2O3. The summed E-state index contributed by atoms with van der Waals surface area (Å²) in [5.74, 6) is -0.380. The lowest BCUT2D eigenvalue weighted by molar-refractivity contribution is 0.0526. The topological polar surface area (TPSA) is 75.0 Å². The van der Waals surface area contributed by atoms with E-state index >= 15 is 0 Å². The molecule has 2 N–H and O–H groups in total. The van der Waals surface area contributed by atoms with E-state index in [4.69, 9.17) is 4.74 Å². The molecule has 16 heavy (non-hydrogen) atoms. The molecule has 0 radical (unpaired) electrons. The van der Waals surface area contributed by atoms with Crippen LogP contribution >= 0.6 is 0 Å². The highest BCUT2D eigenvalue weighted by molar-refractivity contribution is 5.94. The highest BCUT2D eigenvalue weighted by Gasteiger charge is 2.10. The van der Waals surface area contributed by atoms with Gasteiger partial charge in [-0.05, 0) is 31.5 Å². The summed E-state index contributed by atoms with van der Waals surface area (Å²) < 4.78 is 4.90.